The first kappa shape index (κ1) is 38.4. The molecule has 0 aliphatic rings. The number of rotatable bonds is 11. The summed E-state index contributed by atoms with van der Waals surface area (Å²) < 4.78 is 160. The Morgan fingerprint density at radius 1 is 0.615 bits per heavy atom. The van der Waals surface area contributed by atoms with E-state index in [0.29, 0.717) is 35.4 Å². The van der Waals surface area contributed by atoms with Gasteiger partial charge in [-0.05, 0) is 95.3 Å². The molecule has 0 heterocycles. The topological polar surface area (TPSA) is 9.23 Å². The zero-order chi connectivity index (χ0) is 38.0. The summed E-state index contributed by atoms with van der Waals surface area (Å²) in [7, 11) is 0. The SMILES string of the molecule is CCCCCc1ccc(-c2cc(F)c(-c3cc(F)c(/C=C/C(F)(F)Oc4ccc(-c5cc(F)c(C(F)(F)F)c(F)c5)c(F)c4)c(F)c3)c(Cl)c2)cc1. The highest BCUT2D eigenvalue weighted by Gasteiger charge is 2.38. The average Bonchev–Trinajstić information content (AvgIpc) is 3.03. The van der Waals surface area contributed by atoms with E-state index in [1.165, 1.54) is 6.07 Å². The first-order valence-electron chi connectivity index (χ1n) is 15.7. The average molecular weight is 755 g/mol. The molecule has 0 aromatic heterocycles. The van der Waals surface area contributed by atoms with Gasteiger partial charge in [0, 0.05) is 28.8 Å². The molecule has 5 aromatic carbocycles. The number of hydrogen-bond donors (Lipinski definition) is 0. The van der Waals surface area contributed by atoms with E-state index in [1.54, 1.807) is 0 Å². The van der Waals surface area contributed by atoms with E-state index in [9.17, 15) is 35.1 Å². The van der Waals surface area contributed by atoms with Crippen LogP contribution in [0, 0.1) is 34.9 Å². The van der Waals surface area contributed by atoms with Crippen LogP contribution in [0.4, 0.5) is 48.3 Å². The van der Waals surface area contributed by atoms with Gasteiger partial charge >= 0.3 is 12.3 Å². The predicted octanol–water partition coefficient (Wildman–Crippen LogP) is 13.6. The largest absolute Gasteiger partial charge is 0.429 e. The number of ether oxygens (including phenoxy) is 1. The zero-order valence-electron chi connectivity index (χ0n) is 26.9. The fourth-order valence-corrected chi connectivity index (χ4v) is 5.83. The van der Waals surface area contributed by atoms with Gasteiger partial charge in [0.2, 0.25) is 0 Å². The summed E-state index contributed by atoms with van der Waals surface area (Å²) in [6.45, 7) is 2.10. The van der Waals surface area contributed by atoms with Gasteiger partial charge in [-0.2, -0.15) is 22.0 Å². The second-order valence-electron chi connectivity index (χ2n) is 11.8. The zero-order valence-corrected chi connectivity index (χ0v) is 27.7. The first-order valence-corrected chi connectivity index (χ1v) is 16.0. The molecule has 0 aliphatic carbocycles. The minimum Gasteiger partial charge on any atom is -0.429 e. The van der Waals surface area contributed by atoms with Crippen molar-refractivity contribution < 1.29 is 53.0 Å². The van der Waals surface area contributed by atoms with Gasteiger partial charge in [-0.25, -0.2) is 26.3 Å². The smallest absolute Gasteiger partial charge is 0.422 e. The van der Waals surface area contributed by atoms with Crippen molar-refractivity contribution in [3.8, 4) is 39.1 Å². The van der Waals surface area contributed by atoms with Crippen LogP contribution in [0.25, 0.3) is 39.5 Å². The maximum Gasteiger partial charge on any atom is 0.422 e. The molecule has 0 spiro atoms. The van der Waals surface area contributed by atoms with E-state index in [-0.39, 0.29) is 34.4 Å². The Kier molecular flexibility index (Phi) is 11.4. The third-order valence-electron chi connectivity index (χ3n) is 8.04. The maximum absolute atomic E-state index is 15.3. The second kappa shape index (κ2) is 15.4. The highest BCUT2D eigenvalue weighted by molar-refractivity contribution is 6.33. The quantitative estimate of drug-likeness (QED) is 0.0964. The molecule has 272 valence electrons. The molecule has 0 fully saturated rings. The normalized spacial score (nSPS) is 12.2. The van der Waals surface area contributed by atoms with Gasteiger partial charge in [-0.1, -0.05) is 55.6 Å². The molecule has 13 heteroatoms. The molecule has 0 saturated carbocycles. The van der Waals surface area contributed by atoms with Crippen LogP contribution in [0.3, 0.4) is 0 Å². The van der Waals surface area contributed by atoms with Crippen LogP contribution in [0.1, 0.15) is 42.9 Å². The summed E-state index contributed by atoms with van der Waals surface area (Å²) in [6, 6.07) is 13.7. The molecule has 0 bridgehead atoms. The number of unbranched alkanes of at least 4 members (excludes halogenated alkanes) is 2. The summed E-state index contributed by atoms with van der Waals surface area (Å²) in [6.07, 6.45) is -5.26. The summed E-state index contributed by atoms with van der Waals surface area (Å²) in [5, 5.41) is -0.157. The molecule has 52 heavy (non-hydrogen) atoms. The van der Waals surface area contributed by atoms with Crippen molar-refractivity contribution in [2.24, 2.45) is 0 Å². The van der Waals surface area contributed by atoms with Gasteiger partial charge < -0.3 is 4.74 Å². The Morgan fingerprint density at radius 3 is 1.77 bits per heavy atom. The van der Waals surface area contributed by atoms with Crippen LogP contribution < -0.4 is 4.74 Å². The number of alkyl halides is 5. The van der Waals surface area contributed by atoms with Crippen molar-refractivity contribution in [3.05, 3.63) is 142 Å². The second-order valence-corrected chi connectivity index (χ2v) is 12.2. The Balaban J connectivity index is 1.32. The molecule has 0 radical (unpaired) electrons. The summed E-state index contributed by atoms with van der Waals surface area (Å²) >= 11 is 6.35. The first-order chi connectivity index (χ1) is 24.5. The lowest BCUT2D eigenvalue weighted by Crippen LogP contribution is -2.21. The van der Waals surface area contributed by atoms with Crippen molar-refractivity contribution in [1.82, 2.24) is 0 Å². The summed E-state index contributed by atoms with van der Waals surface area (Å²) in [5.41, 5.74) is -2.87. The molecule has 0 unspecified atom stereocenters. The van der Waals surface area contributed by atoms with Gasteiger partial charge in [0.15, 0.2) is 0 Å². The predicted molar refractivity (Wildman–Crippen MR) is 177 cm³/mol. The van der Waals surface area contributed by atoms with Gasteiger partial charge in [0.05, 0.1) is 5.02 Å². The number of halogens is 12. The Hall–Kier alpha value is -4.84. The van der Waals surface area contributed by atoms with E-state index in [1.807, 2.05) is 24.3 Å². The van der Waals surface area contributed by atoms with E-state index in [4.69, 9.17) is 11.6 Å². The fourth-order valence-electron chi connectivity index (χ4n) is 5.51. The van der Waals surface area contributed by atoms with Crippen molar-refractivity contribution in [1.29, 1.82) is 0 Å². The lowest BCUT2D eigenvalue weighted by atomic mass is 9.97. The monoisotopic (exact) mass is 754 g/mol. The Bertz CT molecular complexity index is 2050. The van der Waals surface area contributed by atoms with Crippen molar-refractivity contribution >= 4 is 17.7 Å². The third-order valence-corrected chi connectivity index (χ3v) is 8.34. The number of aryl methyl sites for hydroxylation is 1. The molecular weight excluding hydrogens is 729 g/mol. The third kappa shape index (κ3) is 8.78. The lowest BCUT2D eigenvalue weighted by molar-refractivity contribution is -0.142. The van der Waals surface area contributed by atoms with Crippen LogP contribution >= 0.6 is 11.6 Å². The minimum absolute atomic E-state index is 0.0436. The maximum atomic E-state index is 15.3. The van der Waals surface area contributed by atoms with E-state index in [0.717, 1.165) is 49.4 Å². The molecule has 1 nitrogen and oxygen atoms in total. The van der Waals surface area contributed by atoms with Crippen LogP contribution in [0.5, 0.6) is 5.75 Å². The van der Waals surface area contributed by atoms with E-state index < -0.39 is 75.2 Å². The molecule has 5 rings (SSSR count). The van der Waals surface area contributed by atoms with E-state index in [2.05, 4.69) is 11.7 Å². The van der Waals surface area contributed by atoms with E-state index >= 15 is 13.2 Å². The van der Waals surface area contributed by atoms with Crippen molar-refractivity contribution in [2.45, 2.75) is 44.9 Å². The number of benzene rings is 5. The molecular formula is C39H26ClF11O. The van der Waals surface area contributed by atoms with Gasteiger partial charge in [0.25, 0.3) is 0 Å². The van der Waals surface area contributed by atoms with Crippen LogP contribution in [-0.2, 0) is 12.6 Å². The molecule has 5 aromatic rings. The molecule has 0 aliphatic heterocycles. The van der Waals surface area contributed by atoms with Gasteiger partial charge in [0.1, 0.15) is 46.2 Å². The van der Waals surface area contributed by atoms with Crippen LogP contribution in [-0.4, -0.2) is 6.11 Å². The highest BCUT2D eigenvalue weighted by atomic mass is 35.5. The summed E-state index contributed by atoms with van der Waals surface area (Å²) in [4.78, 5) is 0. The summed E-state index contributed by atoms with van der Waals surface area (Å²) in [5.74, 6) is -9.88. The van der Waals surface area contributed by atoms with Crippen molar-refractivity contribution in [2.75, 3.05) is 0 Å². The Labute approximate surface area is 295 Å². The molecule has 0 N–H and O–H groups in total. The standard InChI is InChI=1S/C39H26ClF11O/c1-2-3-4-5-21-6-8-22(9-7-21)23-14-29(40)36(33(44)15-23)25-18-30(41)28(31(42)19-25)12-13-38(47,48)52-26-10-11-27(32(43)20-26)24-16-34(45)37(35(46)17-24)39(49,50)51/h6-20H,2-5H2,1H3/b13-12+. The molecule has 0 amide bonds. The fraction of sp³-hybridized carbons (Fsp3) is 0.179. The number of hydrogen-bond acceptors (Lipinski definition) is 1. The van der Waals surface area contributed by atoms with Gasteiger partial charge in [-0.3, -0.25) is 0 Å². The Morgan fingerprint density at radius 2 is 1.21 bits per heavy atom. The minimum atomic E-state index is -5.37. The van der Waals surface area contributed by atoms with Crippen LogP contribution in [0.2, 0.25) is 5.02 Å². The van der Waals surface area contributed by atoms with Crippen LogP contribution in [0.15, 0.2) is 84.9 Å². The van der Waals surface area contributed by atoms with Crippen molar-refractivity contribution in [3.63, 3.8) is 0 Å². The highest BCUT2D eigenvalue weighted by Crippen LogP contribution is 2.39. The molecule has 0 saturated heterocycles. The molecule has 0 atom stereocenters. The lowest BCUT2D eigenvalue weighted by Gasteiger charge is -2.16. The van der Waals surface area contributed by atoms with Gasteiger partial charge in [-0.15, -0.1) is 0 Å².